The molecule has 0 spiro atoms. The van der Waals surface area contributed by atoms with E-state index in [0.29, 0.717) is 39.4 Å². The molecular weight excluding hydrogens is 386 g/mol. The number of hydrogen-bond donors (Lipinski definition) is 0. The number of carbonyl (C=O) groups excluding carboxylic acids is 1. The van der Waals surface area contributed by atoms with Crippen LogP contribution >= 0.6 is 0 Å². The SMILES string of the molecule is CCOC(=O)c1cc(-c2ccccn2)nc2c1c(C)nn2-c1ccc([N+](=O)[O-])cc1. The van der Waals surface area contributed by atoms with Crippen LogP contribution in [0.15, 0.2) is 54.7 Å². The van der Waals surface area contributed by atoms with Crippen molar-refractivity contribution >= 4 is 22.7 Å². The largest absolute Gasteiger partial charge is 0.462 e. The summed E-state index contributed by atoms with van der Waals surface area (Å²) in [5.74, 6) is -0.478. The third kappa shape index (κ3) is 3.37. The standard InChI is InChI=1S/C21H17N5O4/c1-3-30-21(27)16-12-18(17-6-4-5-11-22-17)23-20-19(16)13(2)24-25(20)14-7-9-15(10-8-14)26(28)29/h4-12H,3H2,1-2H3. The Morgan fingerprint density at radius 1 is 1.17 bits per heavy atom. The van der Waals surface area contributed by atoms with Crippen LogP contribution in [0.4, 0.5) is 5.69 Å². The van der Waals surface area contributed by atoms with Gasteiger partial charge in [-0.1, -0.05) is 6.07 Å². The molecular formula is C21H17N5O4. The molecule has 0 amide bonds. The van der Waals surface area contributed by atoms with E-state index in [1.807, 2.05) is 6.07 Å². The van der Waals surface area contributed by atoms with Crippen LogP contribution in [0, 0.1) is 17.0 Å². The molecule has 9 nitrogen and oxygen atoms in total. The lowest BCUT2D eigenvalue weighted by atomic mass is 10.1. The molecule has 0 radical (unpaired) electrons. The summed E-state index contributed by atoms with van der Waals surface area (Å²) in [6.45, 7) is 3.75. The first-order chi connectivity index (χ1) is 14.5. The van der Waals surface area contributed by atoms with Crippen LogP contribution in [-0.4, -0.2) is 37.2 Å². The van der Waals surface area contributed by atoms with Gasteiger partial charge >= 0.3 is 5.97 Å². The van der Waals surface area contributed by atoms with Gasteiger partial charge in [-0.3, -0.25) is 15.1 Å². The van der Waals surface area contributed by atoms with Crippen LogP contribution in [0.1, 0.15) is 23.0 Å². The highest BCUT2D eigenvalue weighted by Crippen LogP contribution is 2.29. The molecule has 0 fully saturated rings. The number of carbonyl (C=O) groups is 1. The highest BCUT2D eigenvalue weighted by molar-refractivity contribution is 6.05. The second-order valence-electron chi connectivity index (χ2n) is 6.46. The summed E-state index contributed by atoms with van der Waals surface area (Å²) in [4.78, 5) is 32.2. The van der Waals surface area contributed by atoms with E-state index >= 15 is 0 Å². The number of aryl methyl sites for hydroxylation is 1. The third-order valence-electron chi connectivity index (χ3n) is 4.54. The molecule has 150 valence electrons. The molecule has 9 heteroatoms. The number of nitro groups is 1. The Labute approximate surface area is 171 Å². The van der Waals surface area contributed by atoms with Gasteiger partial charge in [0.1, 0.15) is 0 Å². The van der Waals surface area contributed by atoms with E-state index in [9.17, 15) is 14.9 Å². The maximum Gasteiger partial charge on any atom is 0.339 e. The minimum atomic E-state index is -0.478. The second kappa shape index (κ2) is 7.70. The molecule has 0 unspecified atom stereocenters. The molecule has 30 heavy (non-hydrogen) atoms. The lowest BCUT2D eigenvalue weighted by Crippen LogP contribution is -2.07. The van der Waals surface area contributed by atoms with Crippen molar-refractivity contribution in [3.63, 3.8) is 0 Å². The van der Waals surface area contributed by atoms with Crippen LogP contribution in [0.2, 0.25) is 0 Å². The molecule has 0 atom stereocenters. The van der Waals surface area contributed by atoms with Gasteiger partial charge in [0.05, 0.1) is 45.2 Å². The quantitative estimate of drug-likeness (QED) is 0.282. The molecule has 3 aromatic heterocycles. The summed E-state index contributed by atoms with van der Waals surface area (Å²) in [7, 11) is 0. The highest BCUT2D eigenvalue weighted by Gasteiger charge is 2.22. The Bertz CT molecular complexity index is 1250. The summed E-state index contributed by atoms with van der Waals surface area (Å²) in [5.41, 5.74) is 3.01. The average molecular weight is 403 g/mol. The molecule has 0 aliphatic carbocycles. The Morgan fingerprint density at radius 3 is 2.57 bits per heavy atom. The minimum absolute atomic E-state index is 0.0266. The van der Waals surface area contributed by atoms with Gasteiger partial charge < -0.3 is 4.74 Å². The molecule has 4 rings (SSSR count). The van der Waals surface area contributed by atoms with Gasteiger partial charge in [0.25, 0.3) is 5.69 Å². The predicted molar refractivity (Wildman–Crippen MR) is 109 cm³/mol. The predicted octanol–water partition coefficient (Wildman–Crippen LogP) is 3.88. The molecule has 0 bridgehead atoms. The lowest BCUT2D eigenvalue weighted by Gasteiger charge is -2.08. The molecule has 0 aliphatic rings. The number of benzene rings is 1. The number of aromatic nitrogens is 4. The second-order valence-corrected chi connectivity index (χ2v) is 6.46. The number of nitrogens with zero attached hydrogens (tertiary/aromatic N) is 5. The summed E-state index contributed by atoms with van der Waals surface area (Å²) < 4.78 is 6.80. The minimum Gasteiger partial charge on any atom is -0.462 e. The smallest absolute Gasteiger partial charge is 0.339 e. The van der Waals surface area contributed by atoms with Crippen molar-refractivity contribution in [1.82, 2.24) is 19.7 Å². The van der Waals surface area contributed by atoms with E-state index in [2.05, 4.69) is 10.1 Å². The summed E-state index contributed by atoms with van der Waals surface area (Å²) >= 11 is 0. The molecule has 3 heterocycles. The van der Waals surface area contributed by atoms with Crippen LogP contribution in [-0.2, 0) is 4.74 Å². The molecule has 0 saturated carbocycles. The zero-order chi connectivity index (χ0) is 21.3. The summed E-state index contributed by atoms with van der Waals surface area (Å²) in [6.07, 6.45) is 1.64. The fourth-order valence-electron chi connectivity index (χ4n) is 3.20. The van der Waals surface area contributed by atoms with E-state index in [1.54, 1.807) is 55.1 Å². The van der Waals surface area contributed by atoms with Crippen molar-refractivity contribution in [2.45, 2.75) is 13.8 Å². The zero-order valence-corrected chi connectivity index (χ0v) is 16.3. The van der Waals surface area contributed by atoms with Crippen LogP contribution < -0.4 is 0 Å². The Hall–Kier alpha value is -4.14. The van der Waals surface area contributed by atoms with Gasteiger partial charge in [-0.25, -0.2) is 14.5 Å². The number of nitro benzene ring substituents is 1. The van der Waals surface area contributed by atoms with E-state index < -0.39 is 10.9 Å². The van der Waals surface area contributed by atoms with Gasteiger partial charge in [-0.2, -0.15) is 5.10 Å². The fourth-order valence-corrected chi connectivity index (χ4v) is 3.20. The number of non-ortho nitro benzene ring substituents is 1. The molecule has 4 aromatic rings. The van der Waals surface area contributed by atoms with Crippen LogP contribution in [0.3, 0.4) is 0 Å². The fraction of sp³-hybridized carbons (Fsp3) is 0.143. The first kappa shape index (κ1) is 19.2. The maximum absolute atomic E-state index is 12.7. The number of pyridine rings is 2. The molecule has 0 N–H and O–H groups in total. The van der Waals surface area contributed by atoms with Crippen molar-refractivity contribution in [2.75, 3.05) is 6.61 Å². The topological polar surface area (TPSA) is 113 Å². The van der Waals surface area contributed by atoms with Crippen molar-refractivity contribution in [3.8, 4) is 17.1 Å². The first-order valence-corrected chi connectivity index (χ1v) is 9.23. The van der Waals surface area contributed by atoms with Gasteiger partial charge in [0.15, 0.2) is 5.65 Å². The van der Waals surface area contributed by atoms with E-state index in [1.165, 1.54) is 12.1 Å². The molecule has 0 aliphatic heterocycles. The van der Waals surface area contributed by atoms with Crippen molar-refractivity contribution < 1.29 is 14.5 Å². The number of esters is 1. The number of ether oxygens (including phenoxy) is 1. The summed E-state index contributed by atoms with van der Waals surface area (Å²) in [5, 5.41) is 16.1. The Morgan fingerprint density at radius 2 is 1.93 bits per heavy atom. The summed E-state index contributed by atoms with van der Waals surface area (Å²) in [6, 6.07) is 13.0. The van der Waals surface area contributed by atoms with Crippen molar-refractivity contribution in [1.29, 1.82) is 0 Å². The normalized spacial score (nSPS) is 10.9. The average Bonchev–Trinajstić information content (AvgIpc) is 3.10. The van der Waals surface area contributed by atoms with E-state index in [-0.39, 0.29) is 12.3 Å². The van der Waals surface area contributed by atoms with Gasteiger partial charge in [-0.15, -0.1) is 0 Å². The van der Waals surface area contributed by atoms with Crippen LogP contribution in [0.5, 0.6) is 0 Å². The van der Waals surface area contributed by atoms with Gasteiger partial charge in [-0.05, 0) is 44.2 Å². The zero-order valence-electron chi connectivity index (χ0n) is 16.3. The third-order valence-corrected chi connectivity index (χ3v) is 4.54. The van der Waals surface area contributed by atoms with Crippen molar-refractivity contribution in [3.05, 3.63) is 76.1 Å². The molecule has 1 aromatic carbocycles. The van der Waals surface area contributed by atoms with E-state index in [4.69, 9.17) is 9.72 Å². The first-order valence-electron chi connectivity index (χ1n) is 9.23. The number of rotatable bonds is 5. The number of hydrogen-bond acceptors (Lipinski definition) is 7. The maximum atomic E-state index is 12.7. The van der Waals surface area contributed by atoms with E-state index in [0.717, 1.165) is 0 Å². The Balaban J connectivity index is 1.97. The van der Waals surface area contributed by atoms with Crippen LogP contribution in [0.25, 0.3) is 28.1 Å². The highest BCUT2D eigenvalue weighted by atomic mass is 16.6. The van der Waals surface area contributed by atoms with Gasteiger partial charge in [0, 0.05) is 18.3 Å². The van der Waals surface area contributed by atoms with Crippen molar-refractivity contribution in [2.24, 2.45) is 0 Å². The monoisotopic (exact) mass is 403 g/mol. The molecule has 0 saturated heterocycles. The number of fused-ring (bicyclic) bond motifs is 1. The lowest BCUT2D eigenvalue weighted by molar-refractivity contribution is -0.384. The Kier molecular flexibility index (Phi) is 4.93. The van der Waals surface area contributed by atoms with Gasteiger partial charge in [0.2, 0.25) is 0 Å².